The molecule has 6 heteroatoms. The minimum absolute atomic E-state index is 0.214. The number of aryl methyl sites for hydroxylation is 1. The topological polar surface area (TPSA) is 59.5 Å². The van der Waals surface area contributed by atoms with Gasteiger partial charge in [-0.15, -0.1) is 0 Å². The van der Waals surface area contributed by atoms with E-state index in [1.807, 2.05) is 31.2 Å². The molecule has 5 nitrogen and oxygen atoms in total. The van der Waals surface area contributed by atoms with Crippen molar-refractivity contribution in [1.82, 2.24) is 9.29 Å². The summed E-state index contributed by atoms with van der Waals surface area (Å²) >= 11 is 0. The molecule has 0 saturated carbocycles. The first-order valence-electron chi connectivity index (χ1n) is 7.26. The van der Waals surface area contributed by atoms with Crippen molar-refractivity contribution in [2.75, 3.05) is 13.1 Å². The fourth-order valence-electron chi connectivity index (χ4n) is 2.38. The molecule has 2 heterocycles. The molecule has 1 aromatic carbocycles. The first-order valence-corrected chi connectivity index (χ1v) is 8.70. The van der Waals surface area contributed by atoms with Crippen LogP contribution in [0.15, 0.2) is 47.5 Å². The minimum atomic E-state index is -3.42. The van der Waals surface area contributed by atoms with E-state index < -0.39 is 10.0 Å². The van der Waals surface area contributed by atoms with Gasteiger partial charge in [0, 0.05) is 19.2 Å². The van der Waals surface area contributed by atoms with Crippen LogP contribution in [0.3, 0.4) is 0 Å². The molecule has 1 aromatic heterocycles. The van der Waals surface area contributed by atoms with Crippen LogP contribution < -0.4 is 4.74 Å². The number of rotatable bonds is 4. The van der Waals surface area contributed by atoms with Crippen LogP contribution in [0.25, 0.3) is 0 Å². The summed E-state index contributed by atoms with van der Waals surface area (Å²) in [7, 11) is -3.42. The highest BCUT2D eigenvalue weighted by Gasteiger charge is 2.27. The average molecular weight is 318 g/mol. The lowest BCUT2D eigenvalue weighted by atomic mass is 10.2. The molecule has 3 rings (SSSR count). The van der Waals surface area contributed by atoms with E-state index in [1.165, 1.54) is 10.5 Å². The van der Waals surface area contributed by atoms with Crippen molar-refractivity contribution >= 4 is 10.0 Å². The maximum atomic E-state index is 12.4. The van der Waals surface area contributed by atoms with Gasteiger partial charge in [-0.2, -0.15) is 4.31 Å². The van der Waals surface area contributed by atoms with Crippen LogP contribution in [-0.4, -0.2) is 30.8 Å². The number of hydrogen-bond acceptors (Lipinski definition) is 4. The quantitative estimate of drug-likeness (QED) is 0.869. The number of nitrogens with zero attached hydrogens (tertiary/aromatic N) is 2. The van der Waals surface area contributed by atoms with Crippen molar-refractivity contribution in [2.45, 2.75) is 24.7 Å². The predicted octanol–water partition coefficient (Wildman–Crippen LogP) is 2.97. The summed E-state index contributed by atoms with van der Waals surface area (Å²) in [6.07, 6.45) is 3.19. The van der Waals surface area contributed by atoms with Crippen LogP contribution in [0, 0.1) is 6.92 Å². The Morgan fingerprint density at radius 2 is 1.73 bits per heavy atom. The second-order valence-electron chi connectivity index (χ2n) is 5.36. The predicted molar refractivity (Wildman–Crippen MR) is 83.5 cm³/mol. The summed E-state index contributed by atoms with van der Waals surface area (Å²) in [6, 6.07) is 10.7. The number of aromatic nitrogens is 1. The van der Waals surface area contributed by atoms with E-state index >= 15 is 0 Å². The lowest BCUT2D eigenvalue weighted by Crippen LogP contribution is -2.27. The molecule has 2 aromatic rings. The van der Waals surface area contributed by atoms with Gasteiger partial charge in [-0.05, 0) is 38.0 Å². The third kappa shape index (κ3) is 3.13. The molecule has 0 N–H and O–H groups in total. The normalized spacial score (nSPS) is 15.9. The zero-order chi connectivity index (χ0) is 15.6. The molecule has 0 atom stereocenters. The number of benzene rings is 1. The highest BCUT2D eigenvalue weighted by molar-refractivity contribution is 7.89. The number of hydrogen-bond donors (Lipinski definition) is 0. The summed E-state index contributed by atoms with van der Waals surface area (Å²) in [5, 5.41) is 0. The standard InChI is InChI=1S/C16H18N2O3S/c1-13-4-6-14(7-5-13)21-16-9-8-15(12-17-16)22(19,20)18-10-2-3-11-18/h4-9,12H,2-3,10-11H2,1H3. The maximum absolute atomic E-state index is 12.4. The van der Waals surface area contributed by atoms with Gasteiger partial charge in [-0.1, -0.05) is 17.7 Å². The summed E-state index contributed by atoms with van der Waals surface area (Å²) in [5.74, 6) is 1.05. The zero-order valence-corrected chi connectivity index (χ0v) is 13.2. The van der Waals surface area contributed by atoms with Gasteiger partial charge in [0.25, 0.3) is 0 Å². The Balaban J connectivity index is 1.76. The lowest BCUT2D eigenvalue weighted by Gasteiger charge is -2.15. The second kappa shape index (κ2) is 6.06. The van der Waals surface area contributed by atoms with Crippen molar-refractivity contribution in [3.63, 3.8) is 0 Å². The first kappa shape index (κ1) is 15.0. The molecule has 116 valence electrons. The van der Waals surface area contributed by atoms with Gasteiger partial charge >= 0.3 is 0 Å². The van der Waals surface area contributed by atoms with Crippen molar-refractivity contribution in [3.8, 4) is 11.6 Å². The summed E-state index contributed by atoms with van der Waals surface area (Å²) < 4.78 is 31.9. The Kier molecular flexibility index (Phi) is 4.13. The molecular formula is C16H18N2O3S. The van der Waals surface area contributed by atoms with Crippen LogP contribution >= 0.6 is 0 Å². The Morgan fingerprint density at radius 3 is 2.32 bits per heavy atom. The summed E-state index contributed by atoms with van der Waals surface area (Å²) in [6.45, 7) is 3.17. The Hall–Kier alpha value is -1.92. The Labute approximate surface area is 130 Å². The highest BCUT2D eigenvalue weighted by Crippen LogP contribution is 2.23. The van der Waals surface area contributed by atoms with Crippen molar-refractivity contribution in [2.24, 2.45) is 0 Å². The molecular weight excluding hydrogens is 300 g/mol. The van der Waals surface area contributed by atoms with Gasteiger partial charge in [-0.25, -0.2) is 13.4 Å². The number of sulfonamides is 1. The third-order valence-electron chi connectivity index (χ3n) is 3.66. The van der Waals surface area contributed by atoms with Gasteiger partial charge in [0.15, 0.2) is 0 Å². The van der Waals surface area contributed by atoms with E-state index in [1.54, 1.807) is 12.1 Å². The number of pyridine rings is 1. The van der Waals surface area contributed by atoms with Gasteiger partial charge in [-0.3, -0.25) is 0 Å². The molecule has 1 aliphatic heterocycles. The smallest absolute Gasteiger partial charge is 0.244 e. The monoisotopic (exact) mass is 318 g/mol. The van der Waals surface area contributed by atoms with Crippen LogP contribution in [0.2, 0.25) is 0 Å². The molecule has 1 fully saturated rings. The molecule has 0 aliphatic carbocycles. The third-order valence-corrected chi connectivity index (χ3v) is 5.54. The van der Waals surface area contributed by atoms with Crippen LogP contribution in [-0.2, 0) is 10.0 Å². The van der Waals surface area contributed by atoms with Crippen molar-refractivity contribution in [1.29, 1.82) is 0 Å². The molecule has 0 unspecified atom stereocenters. The van der Waals surface area contributed by atoms with E-state index in [0.717, 1.165) is 18.4 Å². The van der Waals surface area contributed by atoms with Gasteiger partial charge in [0.2, 0.25) is 15.9 Å². The Bertz CT molecular complexity index is 734. The minimum Gasteiger partial charge on any atom is -0.439 e. The summed E-state index contributed by atoms with van der Waals surface area (Å²) in [5.41, 5.74) is 1.15. The zero-order valence-electron chi connectivity index (χ0n) is 12.4. The van der Waals surface area contributed by atoms with E-state index in [-0.39, 0.29) is 4.90 Å². The van der Waals surface area contributed by atoms with Gasteiger partial charge in [0.05, 0.1) is 6.20 Å². The fourth-order valence-corrected chi connectivity index (χ4v) is 3.85. The Morgan fingerprint density at radius 1 is 1.05 bits per heavy atom. The molecule has 0 bridgehead atoms. The molecule has 1 saturated heterocycles. The lowest BCUT2D eigenvalue weighted by molar-refractivity contribution is 0.459. The highest BCUT2D eigenvalue weighted by atomic mass is 32.2. The van der Waals surface area contributed by atoms with E-state index in [0.29, 0.717) is 24.7 Å². The molecule has 0 radical (unpaired) electrons. The molecule has 22 heavy (non-hydrogen) atoms. The molecule has 0 amide bonds. The van der Waals surface area contributed by atoms with Crippen molar-refractivity contribution in [3.05, 3.63) is 48.2 Å². The second-order valence-corrected chi connectivity index (χ2v) is 7.30. The van der Waals surface area contributed by atoms with Crippen LogP contribution in [0.1, 0.15) is 18.4 Å². The SMILES string of the molecule is Cc1ccc(Oc2ccc(S(=O)(=O)N3CCCC3)cn2)cc1. The molecule has 0 spiro atoms. The van der Waals surface area contributed by atoms with E-state index in [2.05, 4.69) is 4.98 Å². The van der Waals surface area contributed by atoms with E-state index in [4.69, 9.17) is 4.74 Å². The fraction of sp³-hybridized carbons (Fsp3) is 0.312. The van der Waals surface area contributed by atoms with E-state index in [9.17, 15) is 8.42 Å². The van der Waals surface area contributed by atoms with Gasteiger partial charge < -0.3 is 4.74 Å². The largest absolute Gasteiger partial charge is 0.439 e. The van der Waals surface area contributed by atoms with Crippen molar-refractivity contribution < 1.29 is 13.2 Å². The maximum Gasteiger partial charge on any atom is 0.244 e. The molecule has 1 aliphatic rings. The van der Waals surface area contributed by atoms with Crippen LogP contribution in [0.4, 0.5) is 0 Å². The average Bonchev–Trinajstić information content (AvgIpc) is 3.05. The first-order chi connectivity index (χ1) is 10.6. The van der Waals surface area contributed by atoms with Crippen LogP contribution in [0.5, 0.6) is 11.6 Å². The number of ether oxygens (including phenoxy) is 1. The summed E-state index contributed by atoms with van der Waals surface area (Å²) in [4.78, 5) is 4.32. The van der Waals surface area contributed by atoms with Gasteiger partial charge in [0.1, 0.15) is 10.6 Å².